The first kappa shape index (κ1) is 24.7. The Bertz CT molecular complexity index is 990. The van der Waals surface area contributed by atoms with Gasteiger partial charge in [-0.3, -0.25) is 4.79 Å². The van der Waals surface area contributed by atoms with Gasteiger partial charge in [0.2, 0.25) is 0 Å². The smallest absolute Gasteiger partial charge is 0.279 e. The van der Waals surface area contributed by atoms with Crippen molar-refractivity contribution in [2.45, 2.75) is 40.2 Å². The lowest BCUT2D eigenvalue weighted by molar-refractivity contribution is 0.0998. The van der Waals surface area contributed by atoms with Gasteiger partial charge in [0.15, 0.2) is 0 Å². The number of amides is 1. The Labute approximate surface area is 190 Å². The van der Waals surface area contributed by atoms with E-state index in [2.05, 4.69) is 15.5 Å². The number of hydrogen-bond donors (Lipinski definition) is 2. The van der Waals surface area contributed by atoms with Crippen molar-refractivity contribution in [2.75, 3.05) is 25.5 Å². The number of hydrogen-bond acceptors (Lipinski definition) is 6. The summed E-state index contributed by atoms with van der Waals surface area (Å²) in [4.78, 5) is 18.7. The van der Waals surface area contributed by atoms with Crippen LogP contribution < -0.4 is 25.5 Å². The fourth-order valence-electron chi connectivity index (χ4n) is 2.68. The van der Waals surface area contributed by atoms with E-state index >= 15 is 0 Å². The van der Waals surface area contributed by atoms with Gasteiger partial charge in [-0.25, -0.2) is 0 Å². The van der Waals surface area contributed by atoms with E-state index in [4.69, 9.17) is 15.2 Å². The number of nitrogens with two attached hydrogens (primary N) is 1. The quantitative estimate of drug-likeness (QED) is 0.364. The van der Waals surface area contributed by atoms with Gasteiger partial charge in [-0.15, -0.1) is 0 Å². The number of nitrogens with one attached hydrogen (secondary N) is 1. The summed E-state index contributed by atoms with van der Waals surface area (Å²) < 4.78 is 12.2. The highest BCUT2D eigenvalue weighted by molar-refractivity contribution is 6.31. The number of carbonyl (C=O) groups is 1. The molecule has 0 radical (unpaired) electrons. The minimum atomic E-state index is -0.517. The number of amidine groups is 1. The highest BCUT2D eigenvalue weighted by Crippen LogP contribution is 2.35. The molecule has 2 aromatic rings. The first-order valence-electron chi connectivity index (χ1n) is 10.4. The monoisotopic (exact) mass is 439 g/mol. The molecule has 0 bridgehead atoms. The molecule has 0 aliphatic carbocycles. The van der Waals surface area contributed by atoms with Crippen LogP contribution in [-0.4, -0.2) is 44.2 Å². The lowest BCUT2D eigenvalue weighted by Crippen LogP contribution is -2.23. The summed E-state index contributed by atoms with van der Waals surface area (Å²) in [7, 11) is 3.95. The largest absolute Gasteiger partial charge is 0.488 e. The van der Waals surface area contributed by atoms with Crippen LogP contribution in [0.5, 0.6) is 17.2 Å². The molecule has 0 atom stereocenters. The van der Waals surface area contributed by atoms with Crippen molar-refractivity contribution in [1.29, 1.82) is 0 Å². The fourth-order valence-corrected chi connectivity index (χ4v) is 2.68. The minimum Gasteiger partial charge on any atom is -0.488 e. The summed E-state index contributed by atoms with van der Waals surface area (Å²) >= 11 is 0. The summed E-state index contributed by atoms with van der Waals surface area (Å²) in [6.07, 6.45) is 1.30. The molecule has 1 amide bonds. The van der Waals surface area contributed by atoms with Crippen molar-refractivity contribution in [2.24, 2.45) is 15.8 Å². The van der Waals surface area contributed by atoms with Crippen LogP contribution in [0.2, 0.25) is 0 Å². The van der Waals surface area contributed by atoms with Gasteiger partial charge in [-0.2, -0.15) is 10.1 Å². The number of ether oxygens (including phenoxy) is 2. The maximum atomic E-state index is 12.8. The lowest BCUT2D eigenvalue weighted by atomic mass is 10.1. The van der Waals surface area contributed by atoms with Crippen molar-refractivity contribution in [3.8, 4) is 17.2 Å². The van der Waals surface area contributed by atoms with Gasteiger partial charge in [0, 0.05) is 37.5 Å². The number of benzene rings is 2. The summed E-state index contributed by atoms with van der Waals surface area (Å²) in [5.74, 6) is 1.17. The van der Waals surface area contributed by atoms with Crippen LogP contribution in [-0.2, 0) is 0 Å². The maximum Gasteiger partial charge on any atom is 0.279 e. The molecule has 0 unspecified atom stereocenters. The number of nitrogens with zero attached hydrogens (tertiary/aromatic N) is 3. The zero-order valence-electron chi connectivity index (χ0n) is 19.9. The Kier molecular flexibility index (Phi) is 8.23. The zero-order valence-corrected chi connectivity index (χ0v) is 19.9. The summed E-state index contributed by atoms with van der Waals surface area (Å²) in [6, 6.07) is 11.0. The standard InChI is InChI=1S/C24H33N5O3/c1-8-26-27-15-22(25)28-23(30)17-13-20(16(2)21(14-17)32-24(3,4)5)31-19-11-9-18(10-12-19)29(6)7/h9-15,26H,8H2,1-7H3,(H2,25,28,30)/b27-15-. The van der Waals surface area contributed by atoms with E-state index < -0.39 is 11.5 Å². The second-order valence-corrected chi connectivity index (χ2v) is 8.41. The molecule has 3 N–H and O–H groups in total. The van der Waals surface area contributed by atoms with E-state index in [1.165, 1.54) is 6.21 Å². The van der Waals surface area contributed by atoms with Gasteiger partial charge in [-0.1, -0.05) is 0 Å². The Morgan fingerprint density at radius 2 is 1.78 bits per heavy atom. The van der Waals surface area contributed by atoms with Crippen LogP contribution in [0, 0.1) is 6.92 Å². The van der Waals surface area contributed by atoms with Crippen LogP contribution in [0.3, 0.4) is 0 Å². The number of rotatable bonds is 8. The van der Waals surface area contributed by atoms with Crippen LogP contribution >= 0.6 is 0 Å². The number of anilines is 1. The van der Waals surface area contributed by atoms with Crippen molar-refractivity contribution in [1.82, 2.24) is 5.43 Å². The lowest BCUT2D eigenvalue weighted by Gasteiger charge is -2.24. The molecule has 2 aromatic carbocycles. The fraction of sp³-hybridized carbons (Fsp3) is 0.375. The number of hydrazone groups is 1. The van der Waals surface area contributed by atoms with E-state index in [1.54, 1.807) is 12.1 Å². The van der Waals surface area contributed by atoms with E-state index in [0.717, 1.165) is 11.3 Å². The molecule has 0 heterocycles. The van der Waals surface area contributed by atoms with Crippen LogP contribution in [0.1, 0.15) is 43.6 Å². The molecular weight excluding hydrogens is 406 g/mol. The van der Waals surface area contributed by atoms with Gasteiger partial charge in [0.05, 0.1) is 6.21 Å². The highest BCUT2D eigenvalue weighted by Gasteiger charge is 2.19. The van der Waals surface area contributed by atoms with Gasteiger partial charge in [0.25, 0.3) is 5.91 Å². The zero-order chi connectivity index (χ0) is 23.9. The average molecular weight is 440 g/mol. The normalized spacial score (nSPS) is 12.0. The first-order valence-corrected chi connectivity index (χ1v) is 10.4. The molecule has 0 aromatic heterocycles. The third kappa shape index (κ3) is 7.30. The van der Waals surface area contributed by atoms with Gasteiger partial charge < -0.3 is 25.5 Å². The number of carbonyl (C=O) groups excluding carboxylic acids is 1. The summed E-state index contributed by atoms with van der Waals surface area (Å²) in [5.41, 5.74) is 10.2. The molecule has 32 heavy (non-hydrogen) atoms. The van der Waals surface area contributed by atoms with E-state index in [1.807, 2.05) is 77.9 Å². The Morgan fingerprint density at radius 3 is 2.34 bits per heavy atom. The topological polar surface area (TPSA) is 102 Å². The van der Waals surface area contributed by atoms with Crippen molar-refractivity contribution < 1.29 is 14.3 Å². The SMILES string of the molecule is CCN/N=C\C(N)=NC(=O)c1cc(Oc2ccc(N(C)C)cc2)c(C)c(OC(C)(C)C)c1. The van der Waals surface area contributed by atoms with Gasteiger partial charge >= 0.3 is 0 Å². The van der Waals surface area contributed by atoms with E-state index in [9.17, 15) is 4.79 Å². The van der Waals surface area contributed by atoms with Crippen molar-refractivity contribution in [3.05, 3.63) is 47.5 Å². The first-order chi connectivity index (χ1) is 15.0. The van der Waals surface area contributed by atoms with Gasteiger partial charge in [-0.05, 0) is 71.0 Å². The molecule has 8 nitrogen and oxygen atoms in total. The van der Waals surface area contributed by atoms with Crippen LogP contribution in [0.15, 0.2) is 46.5 Å². The Hall–Kier alpha value is -3.55. The van der Waals surface area contributed by atoms with E-state index in [0.29, 0.717) is 29.4 Å². The van der Waals surface area contributed by atoms with E-state index in [-0.39, 0.29) is 5.84 Å². The molecule has 0 aliphatic heterocycles. The van der Waals surface area contributed by atoms with Crippen LogP contribution in [0.25, 0.3) is 0 Å². The third-order valence-corrected chi connectivity index (χ3v) is 4.23. The molecule has 0 spiro atoms. The Balaban J connectivity index is 2.43. The van der Waals surface area contributed by atoms with Crippen LogP contribution in [0.4, 0.5) is 5.69 Å². The minimum absolute atomic E-state index is 0.00319. The molecular formula is C24H33N5O3. The molecule has 0 aliphatic rings. The molecule has 0 saturated carbocycles. The highest BCUT2D eigenvalue weighted by atomic mass is 16.5. The average Bonchev–Trinajstić information content (AvgIpc) is 2.70. The van der Waals surface area contributed by atoms with Crippen molar-refractivity contribution in [3.63, 3.8) is 0 Å². The summed E-state index contributed by atoms with van der Waals surface area (Å²) in [5, 5.41) is 3.87. The maximum absolute atomic E-state index is 12.8. The second-order valence-electron chi connectivity index (χ2n) is 8.41. The number of aliphatic imine (C=N–C) groups is 1. The third-order valence-electron chi connectivity index (χ3n) is 4.23. The molecule has 8 heteroatoms. The predicted molar refractivity (Wildman–Crippen MR) is 131 cm³/mol. The summed E-state index contributed by atoms with van der Waals surface area (Å²) in [6.45, 7) is 10.2. The Morgan fingerprint density at radius 1 is 1.16 bits per heavy atom. The molecule has 2 rings (SSSR count). The molecule has 172 valence electrons. The van der Waals surface area contributed by atoms with Crippen molar-refractivity contribution >= 4 is 23.6 Å². The predicted octanol–water partition coefficient (Wildman–Crippen LogP) is 4.12. The molecule has 0 fully saturated rings. The molecule has 0 saturated heterocycles. The van der Waals surface area contributed by atoms with Gasteiger partial charge in [0.1, 0.15) is 28.7 Å². The second kappa shape index (κ2) is 10.7.